The van der Waals surface area contributed by atoms with Crippen molar-refractivity contribution in [2.45, 2.75) is 51.4 Å². The number of benzene rings is 2. The molecule has 0 bridgehead atoms. The molecule has 2 aromatic carbocycles. The van der Waals surface area contributed by atoms with Gasteiger partial charge in [0, 0.05) is 47.8 Å². The van der Waals surface area contributed by atoms with E-state index < -0.39 is 17.8 Å². The predicted octanol–water partition coefficient (Wildman–Crippen LogP) is 7.18. The van der Waals surface area contributed by atoms with Gasteiger partial charge in [-0.15, -0.1) is 5.53 Å². The average Bonchev–Trinajstić information content (AvgIpc) is 3.65. The number of aromatic nitrogens is 2. The first kappa shape index (κ1) is 28.8. The van der Waals surface area contributed by atoms with Gasteiger partial charge in [0.25, 0.3) is 0 Å². The molecule has 6 rings (SSSR count). The zero-order valence-electron chi connectivity index (χ0n) is 23.8. The molecule has 1 saturated carbocycles. The molecule has 1 atom stereocenters. The number of hydrogen-bond acceptors (Lipinski definition) is 8. The molecule has 2 aliphatic rings. The van der Waals surface area contributed by atoms with Crippen molar-refractivity contribution in [3.63, 3.8) is 0 Å². The van der Waals surface area contributed by atoms with Crippen LogP contribution in [-0.4, -0.2) is 33.2 Å². The van der Waals surface area contributed by atoms with Crippen molar-refractivity contribution in [1.29, 1.82) is 5.26 Å². The fraction of sp³-hybridized carbons (Fsp3) is 0.323. The standard InChI is InChI=1S/C31H30ClF3N8/c1-29(2,3)17-39-26-19(13-36)14-38-27-22(26)11-20(12-24(27)32)40-28(21-6-4-5-18-7-10-37-15-23(18)21)25-16-43(42-41-25)30(8-9-30)31(33,34)35/h4-7,10-12,14-16,28,40-42H,8-9,17H2,1-3H3,(H,38,39)/t28-/m0/s1. The Morgan fingerprint density at radius 2 is 1.93 bits per heavy atom. The maximum absolute atomic E-state index is 14.0. The second-order valence-corrected chi connectivity index (χ2v) is 12.6. The van der Waals surface area contributed by atoms with Crippen molar-refractivity contribution in [3.05, 3.63) is 83.0 Å². The minimum Gasteiger partial charge on any atom is -0.383 e. The number of fused-ring (bicyclic) bond motifs is 2. The fourth-order valence-electron chi connectivity index (χ4n) is 5.34. The van der Waals surface area contributed by atoms with Crippen LogP contribution in [0.1, 0.15) is 50.8 Å². The molecule has 8 nitrogen and oxygen atoms in total. The monoisotopic (exact) mass is 606 g/mol. The van der Waals surface area contributed by atoms with Gasteiger partial charge >= 0.3 is 6.18 Å². The molecule has 1 aliphatic heterocycles. The van der Waals surface area contributed by atoms with Crippen LogP contribution in [0, 0.1) is 16.7 Å². The van der Waals surface area contributed by atoms with Gasteiger partial charge in [0.2, 0.25) is 0 Å². The van der Waals surface area contributed by atoms with Crippen LogP contribution in [0.15, 0.2) is 66.9 Å². The summed E-state index contributed by atoms with van der Waals surface area (Å²) in [4.78, 5) is 8.74. The topological polar surface area (TPSA) is 101 Å². The zero-order chi connectivity index (χ0) is 30.6. The van der Waals surface area contributed by atoms with Crippen LogP contribution in [-0.2, 0) is 0 Å². The Morgan fingerprint density at radius 3 is 2.63 bits per heavy atom. The Hall–Kier alpha value is -4.27. The number of anilines is 2. The highest BCUT2D eigenvalue weighted by Gasteiger charge is 2.67. The number of nitrogens with one attached hydrogen (secondary N) is 4. The molecule has 0 saturated heterocycles. The number of hydrogen-bond donors (Lipinski definition) is 4. The number of rotatable bonds is 7. The normalized spacial score (nSPS) is 16.9. The summed E-state index contributed by atoms with van der Waals surface area (Å²) in [6.45, 7) is 6.86. The van der Waals surface area contributed by atoms with Crippen LogP contribution in [0.3, 0.4) is 0 Å². The molecule has 4 N–H and O–H groups in total. The van der Waals surface area contributed by atoms with Crippen molar-refractivity contribution < 1.29 is 13.2 Å². The van der Waals surface area contributed by atoms with Crippen LogP contribution in [0.25, 0.3) is 21.7 Å². The summed E-state index contributed by atoms with van der Waals surface area (Å²) in [5, 5.41) is 20.7. The lowest BCUT2D eigenvalue weighted by Gasteiger charge is -2.28. The number of hydrazine groups is 2. The Bertz CT molecular complexity index is 1780. The predicted molar refractivity (Wildman–Crippen MR) is 162 cm³/mol. The summed E-state index contributed by atoms with van der Waals surface area (Å²) in [5.74, 6) is 0. The van der Waals surface area contributed by atoms with Crippen LogP contribution < -0.4 is 21.6 Å². The first-order valence-electron chi connectivity index (χ1n) is 13.9. The first-order valence-corrected chi connectivity index (χ1v) is 14.2. The maximum Gasteiger partial charge on any atom is 0.413 e. The van der Waals surface area contributed by atoms with Crippen molar-refractivity contribution in [3.8, 4) is 6.07 Å². The van der Waals surface area contributed by atoms with Crippen molar-refractivity contribution in [2.75, 3.05) is 17.2 Å². The molecule has 1 fully saturated rings. The van der Waals surface area contributed by atoms with E-state index in [-0.39, 0.29) is 18.3 Å². The van der Waals surface area contributed by atoms with Crippen molar-refractivity contribution in [2.24, 2.45) is 5.41 Å². The first-order chi connectivity index (χ1) is 20.4. The lowest BCUT2D eigenvalue weighted by Crippen LogP contribution is -2.52. The summed E-state index contributed by atoms with van der Waals surface area (Å²) < 4.78 is 41.9. The van der Waals surface area contributed by atoms with Crippen molar-refractivity contribution >= 4 is 44.7 Å². The van der Waals surface area contributed by atoms with Crippen LogP contribution in [0.4, 0.5) is 24.5 Å². The van der Waals surface area contributed by atoms with E-state index in [1.807, 2.05) is 30.3 Å². The van der Waals surface area contributed by atoms with E-state index in [4.69, 9.17) is 11.6 Å². The second kappa shape index (κ2) is 10.5. The van der Waals surface area contributed by atoms with Crippen LogP contribution in [0.5, 0.6) is 0 Å². The van der Waals surface area contributed by atoms with E-state index in [1.165, 1.54) is 12.4 Å². The number of alkyl halides is 3. The van der Waals surface area contributed by atoms with Gasteiger partial charge < -0.3 is 16.1 Å². The van der Waals surface area contributed by atoms with E-state index in [0.29, 0.717) is 45.1 Å². The highest BCUT2D eigenvalue weighted by atomic mass is 35.5. The molecule has 0 spiro atoms. The lowest BCUT2D eigenvalue weighted by atomic mass is 9.96. The molecule has 0 amide bonds. The highest BCUT2D eigenvalue weighted by Crippen LogP contribution is 2.54. The Balaban J connectivity index is 1.46. The molecule has 2 aromatic heterocycles. The lowest BCUT2D eigenvalue weighted by molar-refractivity contribution is -0.195. The van der Waals surface area contributed by atoms with Gasteiger partial charge in [0.1, 0.15) is 6.07 Å². The van der Waals surface area contributed by atoms with E-state index in [0.717, 1.165) is 21.3 Å². The van der Waals surface area contributed by atoms with Gasteiger partial charge in [-0.3, -0.25) is 15.0 Å². The summed E-state index contributed by atoms with van der Waals surface area (Å²) in [6, 6.07) is 12.8. The third-order valence-electron chi connectivity index (χ3n) is 7.79. The molecule has 222 valence electrons. The van der Waals surface area contributed by atoms with Crippen molar-refractivity contribution in [1.82, 2.24) is 25.9 Å². The zero-order valence-corrected chi connectivity index (χ0v) is 24.5. The molecular formula is C31H30ClF3N8. The van der Waals surface area contributed by atoms with Gasteiger partial charge in [0.15, 0.2) is 5.54 Å². The van der Waals surface area contributed by atoms with Crippen LogP contribution >= 0.6 is 11.6 Å². The number of halogens is 4. The van der Waals surface area contributed by atoms with Crippen LogP contribution in [0.2, 0.25) is 5.02 Å². The molecular weight excluding hydrogens is 577 g/mol. The van der Waals surface area contributed by atoms with Gasteiger partial charge in [-0.1, -0.05) is 50.6 Å². The molecule has 12 heteroatoms. The Kier molecular flexibility index (Phi) is 7.02. The van der Waals surface area contributed by atoms with Gasteiger partial charge in [-0.25, -0.2) is 0 Å². The second-order valence-electron chi connectivity index (χ2n) is 12.2. The van der Waals surface area contributed by atoms with Gasteiger partial charge in [0.05, 0.1) is 33.5 Å². The third kappa shape index (κ3) is 5.37. The Morgan fingerprint density at radius 1 is 1.14 bits per heavy atom. The van der Waals surface area contributed by atoms with Gasteiger partial charge in [-0.05, 0) is 47.4 Å². The minimum atomic E-state index is -4.40. The number of nitrogens with zero attached hydrogens (tertiary/aromatic N) is 4. The van der Waals surface area contributed by atoms with Gasteiger partial charge in [-0.2, -0.15) is 18.4 Å². The fourth-order valence-corrected chi connectivity index (χ4v) is 5.60. The molecule has 1 aliphatic carbocycles. The molecule has 4 aromatic rings. The number of pyridine rings is 2. The molecule has 3 heterocycles. The minimum absolute atomic E-state index is 0.00406. The summed E-state index contributed by atoms with van der Waals surface area (Å²) in [7, 11) is 0. The third-order valence-corrected chi connectivity index (χ3v) is 8.08. The van der Waals surface area contributed by atoms with E-state index in [9.17, 15) is 18.4 Å². The van der Waals surface area contributed by atoms with E-state index in [2.05, 4.69) is 58.4 Å². The quantitative estimate of drug-likeness (QED) is 0.176. The molecule has 0 radical (unpaired) electrons. The number of nitriles is 1. The highest BCUT2D eigenvalue weighted by molar-refractivity contribution is 6.35. The Labute approximate surface area is 251 Å². The maximum atomic E-state index is 14.0. The summed E-state index contributed by atoms with van der Waals surface area (Å²) >= 11 is 6.75. The largest absolute Gasteiger partial charge is 0.413 e. The summed E-state index contributed by atoms with van der Waals surface area (Å²) in [5.41, 5.74) is 7.10. The average molecular weight is 607 g/mol. The van der Waals surface area contributed by atoms with E-state index >= 15 is 0 Å². The smallest absolute Gasteiger partial charge is 0.383 e. The summed E-state index contributed by atoms with van der Waals surface area (Å²) in [6.07, 6.45) is 2.02. The molecule has 0 unspecified atom stereocenters. The van der Waals surface area contributed by atoms with E-state index in [1.54, 1.807) is 18.5 Å². The molecule has 43 heavy (non-hydrogen) atoms. The SMILES string of the molecule is CC(C)(C)CNc1c(C#N)cnc2c(Cl)cc(N[C@H](C3=CN(C4(C(F)(F)F)CC4)NN3)c3cccc4ccncc34)cc12.